The van der Waals surface area contributed by atoms with Gasteiger partial charge >= 0.3 is 22.3 Å². The van der Waals surface area contributed by atoms with Crippen molar-refractivity contribution < 1.29 is 33.0 Å². The van der Waals surface area contributed by atoms with Crippen molar-refractivity contribution in [2.75, 3.05) is 13.2 Å². The fourth-order valence-corrected chi connectivity index (χ4v) is 1.78. The second-order valence-electron chi connectivity index (χ2n) is 2.85. The average molecular weight is 270 g/mol. The Labute approximate surface area is 97.9 Å². The summed E-state index contributed by atoms with van der Waals surface area (Å²) in [5.74, 6) is -1.46. The summed E-state index contributed by atoms with van der Waals surface area (Å²) in [5, 5.41) is 17.2. The van der Waals surface area contributed by atoms with Crippen LogP contribution >= 0.6 is 0 Å². The summed E-state index contributed by atoms with van der Waals surface area (Å²) in [7, 11) is -4.34. The van der Waals surface area contributed by atoms with Crippen molar-refractivity contribution in [1.29, 1.82) is 0 Å². The van der Waals surface area contributed by atoms with Gasteiger partial charge in [0, 0.05) is 6.61 Å². The third kappa shape index (κ3) is 6.71. The Bertz CT molecular complexity index is 366. The number of aliphatic carboxylic acids is 1. The highest BCUT2D eigenvalue weighted by Crippen LogP contribution is 1.94. The number of ether oxygens (including phenoxy) is 1. The van der Waals surface area contributed by atoms with Gasteiger partial charge in [-0.3, -0.25) is 4.79 Å². The number of amides is 1. The van der Waals surface area contributed by atoms with Gasteiger partial charge in [0.2, 0.25) is 0 Å². The molecule has 0 aromatic heterocycles. The number of carbonyl (C=O) groups is 2. The summed E-state index contributed by atoms with van der Waals surface area (Å²) in [4.78, 5) is 21.4. The summed E-state index contributed by atoms with van der Waals surface area (Å²) in [6.07, 6.45) is -1.54. The van der Waals surface area contributed by atoms with Gasteiger partial charge in [0.1, 0.15) is 6.04 Å². The molecular formula is C7H14N2O7S. The van der Waals surface area contributed by atoms with Crippen molar-refractivity contribution >= 4 is 22.3 Å². The van der Waals surface area contributed by atoms with Crippen molar-refractivity contribution in [1.82, 2.24) is 9.44 Å². The fraction of sp³-hybridized carbons (Fsp3) is 0.714. The number of nitrogens with one attached hydrogen (secondary N) is 2. The van der Waals surface area contributed by atoms with Crippen LogP contribution in [0.1, 0.15) is 13.3 Å². The fourth-order valence-electron chi connectivity index (χ4n) is 0.849. The van der Waals surface area contributed by atoms with E-state index in [4.69, 9.17) is 10.2 Å². The van der Waals surface area contributed by atoms with Crippen molar-refractivity contribution in [3.63, 3.8) is 0 Å². The van der Waals surface area contributed by atoms with Gasteiger partial charge in [-0.05, 0) is 13.3 Å². The minimum absolute atomic E-state index is 0.0274. The van der Waals surface area contributed by atoms with E-state index in [1.807, 2.05) is 0 Å². The molecule has 9 nitrogen and oxygen atoms in total. The number of hydrogen-bond donors (Lipinski definition) is 4. The zero-order valence-corrected chi connectivity index (χ0v) is 9.86. The highest BCUT2D eigenvalue weighted by molar-refractivity contribution is 7.88. The Kier molecular flexibility index (Phi) is 6.46. The molecule has 0 aliphatic rings. The molecule has 0 spiro atoms. The van der Waals surface area contributed by atoms with Crippen molar-refractivity contribution in [2.45, 2.75) is 19.4 Å². The molecule has 0 fully saturated rings. The molecular weight excluding hydrogens is 256 g/mol. The molecule has 0 saturated carbocycles. The van der Waals surface area contributed by atoms with Gasteiger partial charge in [0.25, 0.3) is 0 Å². The van der Waals surface area contributed by atoms with E-state index in [0.29, 0.717) is 0 Å². The molecule has 0 aliphatic carbocycles. The second kappa shape index (κ2) is 7.04. The lowest BCUT2D eigenvalue weighted by Gasteiger charge is -2.13. The van der Waals surface area contributed by atoms with E-state index in [0.717, 1.165) is 0 Å². The number of carboxylic acids is 1. The van der Waals surface area contributed by atoms with E-state index in [2.05, 4.69) is 4.74 Å². The monoisotopic (exact) mass is 270 g/mol. The molecule has 100 valence electrons. The van der Waals surface area contributed by atoms with Gasteiger partial charge in [-0.25, -0.2) is 9.52 Å². The van der Waals surface area contributed by atoms with Gasteiger partial charge in [-0.2, -0.15) is 13.1 Å². The Morgan fingerprint density at radius 1 is 1.41 bits per heavy atom. The minimum Gasteiger partial charge on any atom is -0.480 e. The summed E-state index contributed by atoms with van der Waals surface area (Å²) in [5.41, 5.74) is 0. The van der Waals surface area contributed by atoms with Crippen LogP contribution in [0, 0.1) is 0 Å². The predicted molar refractivity (Wildman–Crippen MR) is 55.3 cm³/mol. The number of aliphatic hydroxyl groups is 1. The molecule has 4 N–H and O–H groups in total. The Balaban J connectivity index is 4.50. The van der Waals surface area contributed by atoms with Gasteiger partial charge in [-0.15, -0.1) is 0 Å². The zero-order chi connectivity index (χ0) is 13.5. The van der Waals surface area contributed by atoms with Crippen LogP contribution in [-0.4, -0.2) is 49.9 Å². The largest absolute Gasteiger partial charge is 0.480 e. The third-order valence-electron chi connectivity index (χ3n) is 1.51. The van der Waals surface area contributed by atoms with Crippen molar-refractivity contribution in [2.24, 2.45) is 0 Å². The smallest absolute Gasteiger partial charge is 0.421 e. The molecule has 0 saturated heterocycles. The average Bonchev–Trinajstić information content (AvgIpc) is 2.15. The SMILES string of the molecule is CCOC(=O)NS(=O)(=O)N[C@H](CCO)C(=O)O. The zero-order valence-electron chi connectivity index (χ0n) is 9.04. The molecule has 0 unspecified atom stereocenters. The van der Waals surface area contributed by atoms with E-state index in [1.54, 1.807) is 4.72 Å². The third-order valence-corrected chi connectivity index (χ3v) is 2.54. The van der Waals surface area contributed by atoms with Crippen LogP contribution in [0.5, 0.6) is 0 Å². The van der Waals surface area contributed by atoms with Gasteiger partial charge < -0.3 is 14.9 Å². The number of carboxylic acid groups (broad SMARTS) is 1. The van der Waals surface area contributed by atoms with Crippen LogP contribution in [0.3, 0.4) is 0 Å². The molecule has 17 heavy (non-hydrogen) atoms. The highest BCUT2D eigenvalue weighted by atomic mass is 32.2. The Morgan fingerprint density at radius 2 is 2.00 bits per heavy atom. The first-order valence-electron chi connectivity index (χ1n) is 4.63. The maximum absolute atomic E-state index is 11.2. The Hall–Kier alpha value is -1.39. The van der Waals surface area contributed by atoms with E-state index < -0.39 is 34.9 Å². The highest BCUT2D eigenvalue weighted by Gasteiger charge is 2.25. The molecule has 0 aliphatic heterocycles. The van der Waals surface area contributed by atoms with Crippen LogP contribution < -0.4 is 9.44 Å². The molecule has 0 bridgehead atoms. The van der Waals surface area contributed by atoms with Crippen molar-refractivity contribution in [3.8, 4) is 0 Å². The molecule has 1 amide bonds. The van der Waals surface area contributed by atoms with E-state index in [-0.39, 0.29) is 13.0 Å². The molecule has 0 aromatic rings. The van der Waals surface area contributed by atoms with Gasteiger partial charge in [-0.1, -0.05) is 0 Å². The molecule has 0 rings (SSSR count). The van der Waals surface area contributed by atoms with E-state index in [1.165, 1.54) is 11.6 Å². The van der Waals surface area contributed by atoms with Crippen LogP contribution in [0.2, 0.25) is 0 Å². The van der Waals surface area contributed by atoms with Gasteiger partial charge in [0.15, 0.2) is 0 Å². The maximum atomic E-state index is 11.2. The quantitative estimate of drug-likeness (QED) is 0.436. The lowest BCUT2D eigenvalue weighted by atomic mass is 10.2. The molecule has 0 radical (unpaired) electrons. The first-order chi connectivity index (χ1) is 7.82. The summed E-state index contributed by atoms with van der Waals surface area (Å²) >= 11 is 0. The Morgan fingerprint density at radius 3 is 2.41 bits per heavy atom. The van der Waals surface area contributed by atoms with Crippen LogP contribution in [0.4, 0.5) is 4.79 Å². The lowest BCUT2D eigenvalue weighted by Crippen LogP contribution is -2.48. The minimum atomic E-state index is -4.34. The lowest BCUT2D eigenvalue weighted by molar-refractivity contribution is -0.139. The summed E-state index contributed by atoms with van der Waals surface area (Å²) in [6.45, 7) is 0.935. The van der Waals surface area contributed by atoms with Crippen molar-refractivity contribution in [3.05, 3.63) is 0 Å². The van der Waals surface area contributed by atoms with Crippen LogP contribution in [0.25, 0.3) is 0 Å². The first-order valence-corrected chi connectivity index (χ1v) is 6.11. The topological polar surface area (TPSA) is 142 Å². The number of carbonyl (C=O) groups excluding carboxylic acids is 1. The summed E-state index contributed by atoms with van der Waals surface area (Å²) < 4.78 is 29.9. The second-order valence-corrected chi connectivity index (χ2v) is 4.29. The normalized spacial score (nSPS) is 12.8. The molecule has 1 atom stereocenters. The molecule has 0 heterocycles. The maximum Gasteiger partial charge on any atom is 0.421 e. The van der Waals surface area contributed by atoms with E-state index >= 15 is 0 Å². The number of rotatable bonds is 7. The summed E-state index contributed by atoms with van der Waals surface area (Å²) in [6, 6.07) is -1.52. The van der Waals surface area contributed by atoms with Crippen LogP contribution in [0.15, 0.2) is 0 Å². The van der Waals surface area contributed by atoms with E-state index in [9.17, 15) is 18.0 Å². The first kappa shape index (κ1) is 15.6. The molecule has 10 heteroatoms. The number of hydrogen-bond acceptors (Lipinski definition) is 6. The van der Waals surface area contributed by atoms with Crippen LogP contribution in [-0.2, 0) is 19.7 Å². The molecule has 0 aromatic carbocycles. The number of aliphatic hydroxyl groups excluding tert-OH is 1. The van der Waals surface area contributed by atoms with Gasteiger partial charge in [0.05, 0.1) is 6.61 Å². The standard InChI is InChI=1S/C7H14N2O7S/c1-2-16-7(13)9-17(14,15)8-5(3-4-10)6(11)12/h5,8,10H,2-4H2,1H3,(H,9,13)(H,11,12)/t5-/m1/s1. The predicted octanol–water partition coefficient (Wildman–Crippen LogP) is -1.60.